The van der Waals surface area contributed by atoms with Crippen molar-refractivity contribution in [3.63, 3.8) is 0 Å². The number of allylic oxidation sites excluding steroid dienone is 2. The maximum Gasteiger partial charge on any atom is 0.417 e. The molecule has 0 saturated carbocycles. The van der Waals surface area contributed by atoms with Gasteiger partial charge < -0.3 is 4.90 Å². The zero-order chi connectivity index (χ0) is 13.6. The molecule has 7 heteroatoms. The fourth-order valence-corrected chi connectivity index (χ4v) is 1.52. The summed E-state index contributed by atoms with van der Waals surface area (Å²) in [5, 5.41) is 3.07. The van der Waals surface area contributed by atoms with Crippen LogP contribution in [0.5, 0.6) is 0 Å². The molecule has 0 amide bonds. The van der Waals surface area contributed by atoms with E-state index in [-0.39, 0.29) is 6.17 Å². The van der Waals surface area contributed by atoms with E-state index >= 15 is 0 Å². The third-order valence-corrected chi connectivity index (χ3v) is 2.53. The molecule has 4 nitrogen and oxygen atoms in total. The number of nitrogens with one attached hydrogen (secondary N) is 3. The number of hydrogen-bond acceptors (Lipinski definition) is 4. The van der Waals surface area contributed by atoms with Crippen LogP contribution in [-0.4, -0.2) is 37.0 Å². The second-order valence-electron chi connectivity index (χ2n) is 3.95. The van der Waals surface area contributed by atoms with Gasteiger partial charge in [0.05, 0.1) is 18.4 Å². The Morgan fingerprint density at radius 1 is 1.39 bits per heavy atom. The minimum absolute atomic E-state index is 0.182. The third kappa shape index (κ3) is 4.67. The normalized spacial score (nSPS) is 17.8. The van der Waals surface area contributed by atoms with Crippen LogP contribution in [0.3, 0.4) is 0 Å². The number of hydrogen-bond donors (Lipinski definition) is 3. The Labute approximate surface area is 105 Å². The monoisotopic (exact) mass is 264 g/mol. The van der Waals surface area contributed by atoms with Crippen molar-refractivity contribution in [2.45, 2.75) is 26.2 Å². The summed E-state index contributed by atoms with van der Waals surface area (Å²) >= 11 is 0. The fraction of sp³-hybridized carbons (Fsp3) is 0.636. The summed E-state index contributed by atoms with van der Waals surface area (Å²) < 4.78 is 37.6. The van der Waals surface area contributed by atoms with Gasteiger partial charge in [-0.25, -0.2) is 5.43 Å². The quantitative estimate of drug-likeness (QED) is 0.384. The van der Waals surface area contributed by atoms with Crippen LogP contribution in [0.15, 0.2) is 23.9 Å². The van der Waals surface area contributed by atoms with E-state index in [1.165, 1.54) is 6.08 Å². The molecule has 1 atom stereocenters. The van der Waals surface area contributed by atoms with E-state index in [0.29, 0.717) is 13.2 Å². The molecule has 0 aromatic carbocycles. The van der Waals surface area contributed by atoms with Gasteiger partial charge in [-0.15, -0.1) is 0 Å². The zero-order valence-electron chi connectivity index (χ0n) is 10.5. The Balaban J connectivity index is 2.46. The first-order valence-electron chi connectivity index (χ1n) is 5.85. The van der Waals surface area contributed by atoms with Crippen LogP contribution in [0.25, 0.3) is 0 Å². The fourth-order valence-electron chi connectivity index (χ4n) is 1.52. The molecule has 0 fully saturated rings. The number of nitrogens with zero attached hydrogens (tertiary/aromatic N) is 1. The average Bonchev–Trinajstić information content (AvgIpc) is 2.33. The van der Waals surface area contributed by atoms with Gasteiger partial charge in [0.15, 0.2) is 0 Å². The second kappa shape index (κ2) is 6.77. The molecule has 1 aliphatic rings. The summed E-state index contributed by atoms with van der Waals surface area (Å²) in [6.45, 7) is 5.49. The van der Waals surface area contributed by atoms with Gasteiger partial charge in [-0.3, -0.25) is 10.7 Å². The lowest BCUT2D eigenvalue weighted by molar-refractivity contribution is -0.0898. The SMILES string of the molecule is CCNNCNC(C)N1C=C(C(F)(F)F)C=CC1. The standard InChI is InChI=1S/C11H19F3N4/c1-3-16-17-8-15-9(2)18-6-4-5-10(7-18)11(12,13)14/h4-5,7,9,15-17H,3,6,8H2,1-2H3. The minimum atomic E-state index is -4.29. The average molecular weight is 264 g/mol. The minimum Gasteiger partial charge on any atom is -0.358 e. The van der Waals surface area contributed by atoms with Gasteiger partial charge in [0.1, 0.15) is 0 Å². The second-order valence-corrected chi connectivity index (χ2v) is 3.95. The van der Waals surface area contributed by atoms with Crippen LogP contribution in [0.4, 0.5) is 13.2 Å². The van der Waals surface area contributed by atoms with Gasteiger partial charge in [0, 0.05) is 19.3 Å². The maximum absolute atomic E-state index is 12.5. The predicted molar refractivity (Wildman–Crippen MR) is 64.3 cm³/mol. The first-order valence-corrected chi connectivity index (χ1v) is 5.85. The molecule has 3 N–H and O–H groups in total. The van der Waals surface area contributed by atoms with E-state index in [9.17, 15) is 13.2 Å². The highest BCUT2D eigenvalue weighted by molar-refractivity contribution is 5.26. The van der Waals surface area contributed by atoms with E-state index in [4.69, 9.17) is 0 Å². The summed E-state index contributed by atoms with van der Waals surface area (Å²) in [7, 11) is 0. The van der Waals surface area contributed by atoms with Crippen molar-refractivity contribution >= 4 is 0 Å². The number of alkyl halides is 3. The molecule has 1 rings (SSSR count). The maximum atomic E-state index is 12.5. The summed E-state index contributed by atoms with van der Waals surface area (Å²) in [5.41, 5.74) is 5.17. The van der Waals surface area contributed by atoms with Crippen LogP contribution < -0.4 is 16.2 Å². The van der Waals surface area contributed by atoms with Gasteiger partial charge in [0.25, 0.3) is 0 Å². The van der Waals surface area contributed by atoms with Gasteiger partial charge >= 0.3 is 6.18 Å². The van der Waals surface area contributed by atoms with Gasteiger partial charge in [-0.1, -0.05) is 19.1 Å². The number of halogens is 3. The Bertz CT molecular complexity index is 312. The molecule has 0 aromatic heterocycles. The van der Waals surface area contributed by atoms with Crippen molar-refractivity contribution in [2.75, 3.05) is 19.8 Å². The highest BCUT2D eigenvalue weighted by Crippen LogP contribution is 2.28. The molecule has 18 heavy (non-hydrogen) atoms. The summed E-state index contributed by atoms with van der Waals surface area (Å²) in [4.78, 5) is 1.61. The Hall–Kier alpha value is -1.05. The highest BCUT2D eigenvalue weighted by atomic mass is 19.4. The van der Waals surface area contributed by atoms with Gasteiger partial charge in [0.2, 0.25) is 0 Å². The van der Waals surface area contributed by atoms with Gasteiger partial charge in [-0.05, 0) is 6.92 Å². The lowest BCUT2D eigenvalue weighted by Crippen LogP contribution is -2.48. The smallest absolute Gasteiger partial charge is 0.358 e. The first kappa shape index (κ1) is 15.0. The lowest BCUT2D eigenvalue weighted by atomic mass is 10.2. The molecular weight excluding hydrogens is 245 g/mol. The van der Waals surface area contributed by atoms with Crippen LogP contribution in [-0.2, 0) is 0 Å². The van der Waals surface area contributed by atoms with Gasteiger partial charge in [-0.2, -0.15) is 13.2 Å². The van der Waals surface area contributed by atoms with E-state index in [1.54, 1.807) is 4.90 Å². The molecule has 104 valence electrons. The number of hydrazine groups is 1. The summed E-state index contributed by atoms with van der Waals surface area (Å²) in [5.74, 6) is 0. The third-order valence-electron chi connectivity index (χ3n) is 2.53. The molecule has 1 aliphatic heterocycles. The zero-order valence-corrected chi connectivity index (χ0v) is 10.5. The summed E-state index contributed by atoms with van der Waals surface area (Å²) in [6, 6.07) is 0. The topological polar surface area (TPSA) is 39.3 Å². The molecule has 0 aromatic rings. The van der Waals surface area contributed by atoms with Crippen LogP contribution in [0, 0.1) is 0 Å². The molecule has 0 spiro atoms. The highest BCUT2D eigenvalue weighted by Gasteiger charge is 2.33. The molecule has 0 radical (unpaired) electrons. The molecule has 0 aliphatic carbocycles. The van der Waals surface area contributed by atoms with Crippen molar-refractivity contribution in [1.29, 1.82) is 0 Å². The van der Waals surface area contributed by atoms with Crippen molar-refractivity contribution in [3.8, 4) is 0 Å². The van der Waals surface area contributed by atoms with E-state index in [1.807, 2.05) is 13.8 Å². The molecule has 0 saturated heterocycles. The molecule has 1 heterocycles. The van der Waals surface area contributed by atoms with Crippen LogP contribution in [0.1, 0.15) is 13.8 Å². The van der Waals surface area contributed by atoms with Crippen molar-refractivity contribution in [1.82, 2.24) is 21.1 Å². The van der Waals surface area contributed by atoms with E-state index in [0.717, 1.165) is 18.8 Å². The Kier molecular flexibility index (Phi) is 5.64. The predicted octanol–water partition coefficient (Wildman–Crippen LogP) is 1.31. The largest absolute Gasteiger partial charge is 0.417 e. The molecular formula is C11H19F3N4. The lowest BCUT2D eigenvalue weighted by Gasteiger charge is -2.30. The van der Waals surface area contributed by atoms with E-state index in [2.05, 4.69) is 16.2 Å². The Morgan fingerprint density at radius 2 is 2.11 bits per heavy atom. The molecule has 0 bridgehead atoms. The van der Waals surface area contributed by atoms with Crippen molar-refractivity contribution < 1.29 is 13.2 Å². The first-order chi connectivity index (χ1) is 8.45. The number of rotatable bonds is 6. The van der Waals surface area contributed by atoms with Crippen LogP contribution >= 0.6 is 0 Å². The summed E-state index contributed by atoms with van der Waals surface area (Å²) in [6.07, 6.45) is -0.709. The van der Waals surface area contributed by atoms with Crippen molar-refractivity contribution in [2.24, 2.45) is 0 Å². The Morgan fingerprint density at radius 3 is 2.72 bits per heavy atom. The van der Waals surface area contributed by atoms with Crippen molar-refractivity contribution in [3.05, 3.63) is 23.9 Å². The van der Waals surface area contributed by atoms with E-state index < -0.39 is 11.7 Å². The van der Waals surface area contributed by atoms with Crippen LogP contribution in [0.2, 0.25) is 0 Å². The molecule has 1 unspecified atom stereocenters.